The Morgan fingerprint density at radius 1 is 0.615 bits per heavy atom. The van der Waals surface area contributed by atoms with Gasteiger partial charge in [0.15, 0.2) is 0 Å². The summed E-state index contributed by atoms with van der Waals surface area (Å²) in [6.07, 6.45) is -12.2. The predicted octanol–water partition coefficient (Wildman–Crippen LogP) is 4.74. The van der Waals surface area contributed by atoms with E-state index in [4.69, 9.17) is 4.55 Å². The molecule has 17 heteroatoms. The van der Waals surface area contributed by atoms with E-state index >= 15 is 0 Å². The zero-order chi connectivity index (χ0) is 21.6. The summed E-state index contributed by atoms with van der Waals surface area (Å²) in [4.78, 5) is 0. The molecule has 0 rings (SSSR count). The third-order valence-electron chi connectivity index (χ3n) is 2.89. The number of halogens is 13. The first-order valence-electron chi connectivity index (χ1n) is 5.88. The number of hydrogen-bond donors (Lipinski definition) is 1. The quantitative estimate of drug-likeness (QED) is 0.437. The lowest BCUT2D eigenvalue weighted by Crippen LogP contribution is -2.68. The molecule has 0 atom stereocenters. The van der Waals surface area contributed by atoms with E-state index in [-0.39, 0.29) is 0 Å². The van der Waals surface area contributed by atoms with Gasteiger partial charge >= 0.3 is 45.2 Å². The van der Waals surface area contributed by atoms with E-state index in [2.05, 4.69) is 0 Å². The first-order valence-corrected chi connectivity index (χ1v) is 7.32. The third kappa shape index (κ3) is 4.12. The van der Waals surface area contributed by atoms with Crippen LogP contribution in [-0.2, 0) is 10.1 Å². The van der Waals surface area contributed by atoms with E-state index in [1.807, 2.05) is 0 Å². The zero-order valence-corrected chi connectivity index (χ0v) is 12.5. The molecule has 158 valence electrons. The molecule has 1 N–H and O–H groups in total. The maximum atomic E-state index is 13.1. The standard InChI is InChI=1S/C9H7F13O3S/c10-4(11,2-1-3-5(12,13)14)6(15,16)7(17,18)8(19,20)9(21,22)26(23,24)25/h1-3H2,(H,23,24,25). The molecule has 0 aliphatic rings. The van der Waals surface area contributed by atoms with Gasteiger partial charge in [-0.25, -0.2) is 0 Å². The van der Waals surface area contributed by atoms with Crippen LogP contribution in [0.15, 0.2) is 0 Å². The van der Waals surface area contributed by atoms with E-state index in [1.54, 1.807) is 0 Å². The van der Waals surface area contributed by atoms with E-state index in [0.29, 0.717) is 0 Å². The topological polar surface area (TPSA) is 54.4 Å². The highest BCUT2D eigenvalue weighted by Crippen LogP contribution is 2.58. The van der Waals surface area contributed by atoms with Gasteiger partial charge in [-0.2, -0.15) is 65.5 Å². The van der Waals surface area contributed by atoms with Crippen LogP contribution < -0.4 is 0 Å². The van der Waals surface area contributed by atoms with Crippen molar-refractivity contribution < 1.29 is 70.0 Å². The molecular weight excluding hydrogens is 435 g/mol. The Balaban J connectivity index is 5.93. The molecule has 0 aliphatic carbocycles. The molecule has 0 saturated heterocycles. The fourth-order valence-electron chi connectivity index (χ4n) is 1.44. The fourth-order valence-corrected chi connectivity index (χ4v) is 1.89. The summed E-state index contributed by atoms with van der Waals surface area (Å²) < 4.78 is 193. The largest absolute Gasteiger partial charge is 0.438 e. The van der Waals surface area contributed by atoms with Crippen molar-refractivity contribution in [2.24, 2.45) is 0 Å². The van der Waals surface area contributed by atoms with Crippen molar-refractivity contribution >= 4 is 10.1 Å². The van der Waals surface area contributed by atoms with E-state index in [0.717, 1.165) is 0 Å². The highest BCUT2D eigenvalue weighted by molar-refractivity contribution is 7.87. The van der Waals surface area contributed by atoms with Gasteiger partial charge in [0.05, 0.1) is 0 Å². The predicted molar refractivity (Wildman–Crippen MR) is 56.2 cm³/mol. The average molecular weight is 442 g/mol. The molecule has 0 fully saturated rings. The molecule has 0 aromatic rings. The second-order valence-corrected chi connectivity index (χ2v) is 6.35. The van der Waals surface area contributed by atoms with Gasteiger partial charge in [-0.3, -0.25) is 4.55 Å². The molecule has 0 aromatic heterocycles. The van der Waals surface area contributed by atoms with Crippen molar-refractivity contribution in [3.8, 4) is 0 Å². The molecule has 3 nitrogen and oxygen atoms in total. The van der Waals surface area contributed by atoms with E-state index < -0.39 is 64.5 Å². The highest BCUT2D eigenvalue weighted by atomic mass is 32.2. The van der Waals surface area contributed by atoms with Crippen LogP contribution in [-0.4, -0.2) is 48.1 Å². The molecular formula is C9H7F13O3S. The summed E-state index contributed by atoms with van der Waals surface area (Å²) >= 11 is 0. The molecule has 26 heavy (non-hydrogen) atoms. The molecule has 0 amide bonds. The Kier molecular flexibility index (Phi) is 6.31. The molecule has 0 aromatic carbocycles. The maximum absolute atomic E-state index is 13.1. The van der Waals surface area contributed by atoms with Crippen LogP contribution in [0.5, 0.6) is 0 Å². The SMILES string of the molecule is O=S(=O)(O)C(F)(F)C(F)(F)C(F)(F)C(F)(F)C(F)(F)CCCC(F)(F)F. The Bertz CT molecular complexity index is 607. The van der Waals surface area contributed by atoms with Crippen LogP contribution >= 0.6 is 0 Å². The summed E-state index contributed by atoms with van der Waals surface area (Å²) in [7, 11) is -7.48. The van der Waals surface area contributed by atoms with E-state index in [9.17, 15) is 65.5 Å². The number of rotatable bonds is 8. The average Bonchev–Trinajstić information content (AvgIpc) is 2.34. The van der Waals surface area contributed by atoms with Crippen molar-refractivity contribution in [1.82, 2.24) is 0 Å². The van der Waals surface area contributed by atoms with Gasteiger partial charge in [0.25, 0.3) is 0 Å². The van der Waals surface area contributed by atoms with Crippen LogP contribution in [0.25, 0.3) is 0 Å². The molecule has 0 heterocycles. The molecule has 0 saturated carbocycles. The Hall–Kier alpha value is -1.00. The second-order valence-electron chi connectivity index (χ2n) is 4.89. The lowest BCUT2D eigenvalue weighted by Gasteiger charge is -2.38. The first-order chi connectivity index (χ1) is 11.0. The normalized spacial score (nSPS) is 16.1. The van der Waals surface area contributed by atoms with Gasteiger partial charge in [0.1, 0.15) is 0 Å². The minimum Gasteiger partial charge on any atom is -0.281 e. The minimum absolute atomic E-state index is 1.97. The van der Waals surface area contributed by atoms with Crippen LogP contribution in [0.2, 0.25) is 0 Å². The lowest BCUT2D eigenvalue weighted by molar-refractivity contribution is -0.390. The van der Waals surface area contributed by atoms with Crippen molar-refractivity contribution in [1.29, 1.82) is 0 Å². The fraction of sp³-hybridized carbons (Fsp3) is 1.00. The molecule has 0 unspecified atom stereocenters. The monoisotopic (exact) mass is 442 g/mol. The van der Waals surface area contributed by atoms with Crippen LogP contribution in [0.4, 0.5) is 57.1 Å². The molecule has 0 bridgehead atoms. The van der Waals surface area contributed by atoms with Gasteiger partial charge in [0, 0.05) is 12.8 Å². The first kappa shape index (κ1) is 25.0. The smallest absolute Gasteiger partial charge is 0.281 e. The summed E-state index contributed by atoms with van der Waals surface area (Å²) in [5.74, 6) is -29.3. The summed E-state index contributed by atoms with van der Waals surface area (Å²) in [5, 5.41) is -7.32. The van der Waals surface area contributed by atoms with Crippen LogP contribution in [0.1, 0.15) is 19.3 Å². The van der Waals surface area contributed by atoms with Gasteiger partial charge in [-0.15, -0.1) is 0 Å². The van der Waals surface area contributed by atoms with Gasteiger partial charge in [0.2, 0.25) is 0 Å². The maximum Gasteiger partial charge on any atom is 0.438 e. The Labute approximate surface area is 135 Å². The van der Waals surface area contributed by atoms with Gasteiger partial charge in [-0.05, 0) is 6.42 Å². The number of hydrogen-bond acceptors (Lipinski definition) is 2. The van der Waals surface area contributed by atoms with Gasteiger partial charge in [-0.1, -0.05) is 0 Å². The van der Waals surface area contributed by atoms with Crippen LogP contribution in [0.3, 0.4) is 0 Å². The number of alkyl halides is 13. The molecule has 0 radical (unpaired) electrons. The lowest BCUT2D eigenvalue weighted by atomic mass is 9.95. The molecule has 0 spiro atoms. The van der Waals surface area contributed by atoms with Crippen LogP contribution in [0, 0.1) is 0 Å². The van der Waals surface area contributed by atoms with Crippen molar-refractivity contribution in [3.63, 3.8) is 0 Å². The third-order valence-corrected chi connectivity index (χ3v) is 3.79. The second kappa shape index (κ2) is 6.56. The van der Waals surface area contributed by atoms with Crippen molar-refractivity contribution in [3.05, 3.63) is 0 Å². The summed E-state index contributed by atoms with van der Waals surface area (Å²) in [6, 6.07) is 0. The summed E-state index contributed by atoms with van der Waals surface area (Å²) in [6.45, 7) is 0. The Morgan fingerprint density at radius 3 is 1.31 bits per heavy atom. The Morgan fingerprint density at radius 2 is 1.00 bits per heavy atom. The summed E-state index contributed by atoms with van der Waals surface area (Å²) in [5.41, 5.74) is 0. The minimum atomic E-state index is -7.79. The highest BCUT2D eigenvalue weighted by Gasteiger charge is 2.88. The van der Waals surface area contributed by atoms with Crippen molar-refractivity contribution in [2.75, 3.05) is 0 Å². The van der Waals surface area contributed by atoms with Crippen molar-refractivity contribution in [2.45, 2.75) is 54.4 Å². The zero-order valence-electron chi connectivity index (χ0n) is 11.7. The van der Waals surface area contributed by atoms with E-state index in [1.165, 1.54) is 0 Å². The molecule has 0 aliphatic heterocycles. The van der Waals surface area contributed by atoms with Gasteiger partial charge < -0.3 is 0 Å².